The summed E-state index contributed by atoms with van der Waals surface area (Å²) in [6, 6.07) is 9.53. The first-order valence-corrected chi connectivity index (χ1v) is 10.7. The maximum atomic E-state index is 13.0. The average molecular weight is 479 g/mol. The van der Waals surface area contributed by atoms with Gasteiger partial charge >= 0.3 is 6.36 Å². The molecule has 174 valence electrons. The van der Waals surface area contributed by atoms with Crippen molar-refractivity contribution in [3.05, 3.63) is 58.6 Å². The largest absolute Gasteiger partial charge is 0.573 e. The third kappa shape index (κ3) is 4.88. The number of aromatic nitrogens is 1. The number of thiazole rings is 1. The van der Waals surface area contributed by atoms with E-state index in [4.69, 9.17) is 4.74 Å². The topological polar surface area (TPSA) is 83.9 Å². The summed E-state index contributed by atoms with van der Waals surface area (Å²) in [7, 11) is 0. The Morgan fingerprint density at radius 3 is 2.61 bits per heavy atom. The van der Waals surface area contributed by atoms with Crippen LogP contribution in [0.3, 0.4) is 0 Å². The number of hydrogen-bond acceptors (Lipinski definition) is 7. The van der Waals surface area contributed by atoms with E-state index in [1.807, 2.05) is 18.7 Å². The second-order valence-electron chi connectivity index (χ2n) is 7.34. The Morgan fingerprint density at radius 1 is 1.27 bits per heavy atom. The van der Waals surface area contributed by atoms with Gasteiger partial charge in [-0.05, 0) is 50.2 Å². The highest BCUT2D eigenvalue weighted by Gasteiger charge is 2.33. The van der Waals surface area contributed by atoms with Crippen molar-refractivity contribution >= 4 is 33.8 Å². The minimum absolute atomic E-state index is 0.148. The number of amides is 1. The fourth-order valence-corrected chi connectivity index (χ4v) is 4.38. The van der Waals surface area contributed by atoms with Crippen LogP contribution in [0.4, 0.5) is 29.7 Å². The summed E-state index contributed by atoms with van der Waals surface area (Å²) in [6.45, 7) is 3.84. The summed E-state index contributed by atoms with van der Waals surface area (Å²) in [4.78, 5) is 20.5. The zero-order valence-electron chi connectivity index (χ0n) is 17.6. The van der Waals surface area contributed by atoms with Crippen molar-refractivity contribution in [2.75, 3.05) is 23.4 Å². The molecule has 1 aliphatic rings. The fourth-order valence-electron chi connectivity index (χ4n) is 3.39. The predicted octanol–water partition coefficient (Wildman–Crippen LogP) is 4.80. The van der Waals surface area contributed by atoms with Gasteiger partial charge in [0.25, 0.3) is 5.91 Å². The molecular weight excluding hydrogens is 459 g/mol. The van der Waals surface area contributed by atoms with Gasteiger partial charge in [-0.1, -0.05) is 6.07 Å². The van der Waals surface area contributed by atoms with Crippen LogP contribution in [0.1, 0.15) is 20.9 Å². The van der Waals surface area contributed by atoms with E-state index in [0.29, 0.717) is 22.3 Å². The van der Waals surface area contributed by atoms with E-state index in [-0.39, 0.29) is 30.6 Å². The molecule has 33 heavy (non-hydrogen) atoms. The minimum Gasteiger partial charge on any atom is -0.488 e. The minimum atomic E-state index is -4.79. The molecule has 0 fully saturated rings. The molecular formula is C22H20F3N3O4S. The number of alkyl halides is 3. The highest BCUT2D eigenvalue weighted by molar-refractivity contribution is 7.15. The summed E-state index contributed by atoms with van der Waals surface area (Å²) >= 11 is 1.48. The number of ether oxygens (including phenoxy) is 2. The molecule has 1 aliphatic heterocycles. The Kier molecular flexibility index (Phi) is 6.17. The Hall–Kier alpha value is -3.31. The molecule has 11 heteroatoms. The van der Waals surface area contributed by atoms with Crippen LogP contribution in [0, 0.1) is 13.8 Å². The zero-order chi connectivity index (χ0) is 23.8. The van der Waals surface area contributed by atoms with Gasteiger partial charge in [0.2, 0.25) is 0 Å². The molecule has 1 unspecified atom stereocenters. The van der Waals surface area contributed by atoms with Gasteiger partial charge in [-0.25, -0.2) is 4.98 Å². The van der Waals surface area contributed by atoms with Gasteiger partial charge in [-0.15, -0.1) is 24.5 Å². The van der Waals surface area contributed by atoms with Crippen LogP contribution < -0.4 is 19.7 Å². The summed E-state index contributed by atoms with van der Waals surface area (Å²) in [5, 5.41) is 13.2. The summed E-state index contributed by atoms with van der Waals surface area (Å²) in [6.07, 6.45) is -4.79. The molecule has 0 saturated carbocycles. The number of carbonyl (C=O) groups is 1. The number of para-hydroxylation sites is 1. The van der Waals surface area contributed by atoms with E-state index in [1.165, 1.54) is 23.5 Å². The number of hydrogen-bond donors (Lipinski definition) is 2. The van der Waals surface area contributed by atoms with Crippen molar-refractivity contribution in [2.45, 2.75) is 26.3 Å². The van der Waals surface area contributed by atoms with Crippen LogP contribution in [0.2, 0.25) is 0 Å². The smallest absolute Gasteiger partial charge is 0.488 e. The lowest BCUT2D eigenvalue weighted by atomic mass is 10.1. The van der Waals surface area contributed by atoms with Gasteiger partial charge in [0.1, 0.15) is 12.4 Å². The van der Waals surface area contributed by atoms with Crippen molar-refractivity contribution in [1.82, 2.24) is 4.98 Å². The van der Waals surface area contributed by atoms with Gasteiger partial charge in [-0.3, -0.25) is 4.79 Å². The number of halogens is 3. The maximum absolute atomic E-state index is 13.0. The third-order valence-corrected chi connectivity index (χ3v) is 6.14. The maximum Gasteiger partial charge on any atom is 0.573 e. The summed E-state index contributed by atoms with van der Waals surface area (Å²) in [5.74, 6) is -0.548. The fraction of sp³-hybridized carbons (Fsp3) is 0.273. The van der Waals surface area contributed by atoms with Crippen LogP contribution >= 0.6 is 11.3 Å². The zero-order valence-corrected chi connectivity index (χ0v) is 18.5. The average Bonchev–Trinajstić information content (AvgIpc) is 3.10. The normalized spacial score (nSPS) is 15.6. The first kappa shape index (κ1) is 22.9. The van der Waals surface area contributed by atoms with Crippen molar-refractivity contribution in [3.8, 4) is 11.5 Å². The Bertz CT molecular complexity index is 1150. The van der Waals surface area contributed by atoms with Crippen molar-refractivity contribution < 1.29 is 32.5 Å². The SMILES string of the molecule is Cc1nc(N2c3cccc(C(=O)Nc4ccc(OC(F)(F)F)cc4)c3OCC2CO)sc1C. The third-order valence-electron chi connectivity index (χ3n) is 5.06. The highest BCUT2D eigenvalue weighted by atomic mass is 32.1. The van der Waals surface area contributed by atoms with E-state index >= 15 is 0 Å². The number of nitrogens with zero attached hydrogens (tertiary/aromatic N) is 2. The number of anilines is 3. The number of benzene rings is 2. The molecule has 0 radical (unpaired) electrons. The van der Waals surface area contributed by atoms with Gasteiger partial charge in [-0.2, -0.15) is 0 Å². The number of aliphatic hydroxyl groups excluding tert-OH is 1. The molecule has 7 nitrogen and oxygen atoms in total. The first-order chi connectivity index (χ1) is 15.7. The van der Waals surface area contributed by atoms with Crippen LogP contribution in [0.15, 0.2) is 42.5 Å². The van der Waals surface area contributed by atoms with Gasteiger partial charge in [0.05, 0.1) is 29.6 Å². The van der Waals surface area contributed by atoms with Crippen molar-refractivity contribution in [1.29, 1.82) is 0 Å². The Morgan fingerprint density at radius 2 is 2.00 bits per heavy atom. The number of carbonyl (C=O) groups excluding carboxylic acids is 1. The standard InChI is InChI=1S/C22H20F3N3O4S/c1-12-13(2)33-21(26-12)28-15(10-29)11-31-19-17(4-3-5-18(19)28)20(30)27-14-6-8-16(9-7-14)32-22(23,24)25/h3-9,15,29H,10-11H2,1-2H3,(H,27,30). The van der Waals surface area contributed by atoms with Crippen molar-refractivity contribution in [2.24, 2.45) is 0 Å². The molecule has 3 aromatic rings. The second-order valence-corrected chi connectivity index (χ2v) is 8.52. The number of fused-ring (bicyclic) bond motifs is 1. The molecule has 0 spiro atoms. The highest BCUT2D eigenvalue weighted by Crippen LogP contribution is 2.43. The van der Waals surface area contributed by atoms with Crippen LogP contribution in [0.5, 0.6) is 11.5 Å². The van der Waals surface area contributed by atoms with Gasteiger partial charge < -0.3 is 24.8 Å². The van der Waals surface area contributed by atoms with Crippen molar-refractivity contribution in [3.63, 3.8) is 0 Å². The van der Waals surface area contributed by atoms with Crippen LogP contribution in [-0.2, 0) is 0 Å². The van der Waals surface area contributed by atoms with E-state index < -0.39 is 12.3 Å². The number of aliphatic hydroxyl groups is 1. The second kappa shape index (κ2) is 8.91. The lowest BCUT2D eigenvalue weighted by Gasteiger charge is -2.36. The molecule has 2 aromatic carbocycles. The first-order valence-electron chi connectivity index (χ1n) is 9.93. The lowest BCUT2D eigenvalue weighted by Crippen LogP contribution is -2.43. The summed E-state index contributed by atoms with van der Waals surface area (Å²) < 4.78 is 46.7. The molecule has 0 bridgehead atoms. The van der Waals surface area contributed by atoms with E-state index in [9.17, 15) is 23.1 Å². The monoisotopic (exact) mass is 479 g/mol. The number of rotatable bonds is 5. The van der Waals surface area contributed by atoms with E-state index in [0.717, 1.165) is 22.7 Å². The Labute approximate surface area is 191 Å². The molecule has 2 N–H and O–H groups in total. The van der Waals surface area contributed by atoms with E-state index in [2.05, 4.69) is 15.0 Å². The Balaban J connectivity index is 1.61. The summed E-state index contributed by atoms with van der Waals surface area (Å²) in [5.41, 5.74) is 2.01. The molecule has 0 saturated heterocycles. The quantitative estimate of drug-likeness (QED) is 0.547. The van der Waals surface area contributed by atoms with Crippen LogP contribution in [0.25, 0.3) is 0 Å². The van der Waals surface area contributed by atoms with Crippen LogP contribution in [-0.4, -0.2) is 41.6 Å². The van der Waals surface area contributed by atoms with E-state index in [1.54, 1.807) is 18.2 Å². The molecule has 4 rings (SSSR count). The predicted molar refractivity (Wildman–Crippen MR) is 118 cm³/mol. The number of aryl methyl sites for hydroxylation is 2. The molecule has 1 atom stereocenters. The van der Waals surface area contributed by atoms with Gasteiger partial charge in [0, 0.05) is 10.6 Å². The molecule has 2 heterocycles. The number of nitrogens with one attached hydrogen (secondary N) is 1. The lowest BCUT2D eigenvalue weighted by molar-refractivity contribution is -0.274. The molecule has 1 aromatic heterocycles. The molecule has 0 aliphatic carbocycles. The molecule has 1 amide bonds. The van der Waals surface area contributed by atoms with Gasteiger partial charge in [0.15, 0.2) is 10.9 Å².